The van der Waals surface area contributed by atoms with Crippen molar-refractivity contribution in [3.05, 3.63) is 74.7 Å². The number of allylic oxidation sites excluding steroid dienone is 1. The summed E-state index contributed by atoms with van der Waals surface area (Å²) in [7, 11) is 1.56. The second kappa shape index (κ2) is 7.26. The number of rotatable bonds is 5. The largest absolute Gasteiger partial charge is 0.410 e. The number of hydrogen-bond acceptors (Lipinski definition) is 5. The lowest BCUT2D eigenvalue weighted by Crippen LogP contribution is -2.23. The van der Waals surface area contributed by atoms with Crippen molar-refractivity contribution in [2.45, 2.75) is 25.7 Å². The summed E-state index contributed by atoms with van der Waals surface area (Å²) in [4.78, 5) is 17.9. The molecule has 1 aliphatic carbocycles. The first-order chi connectivity index (χ1) is 13.5. The molecule has 2 aromatic carbocycles. The van der Waals surface area contributed by atoms with Crippen LogP contribution in [0.4, 0.5) is 0 Å². The smallest absolute Gasteiger partial charge is 0.368 e. The van der Waals surface area contributed by atoms with E-state index in [1.165, 1.54) is 9.36 Å². The van der Waals surface area contributed by atoms with E-state index in [1.54, 1.807) is 7.05 Å². The van der Waals surface area contributed by atoms with Gasteiger partial charge in [0.25, 0.3) is 0 Å². The van der Waals surface area contributed by atoms with Crippen LogP contribution in [-0.4, -0.2) is 19.8 Å². The number of nitrogens with two attached hydrogens (primary N) is 1. The number of benzene rings is 2. The number of aryl methyl sites for hydroxylation is 1. The molecule has 1 aliphatic rings. The maximum atomic E-state index is 12.5. The van der Waals surface area contributed by atoms with E-state index in [0.29, 0.717) is 22.4 Å². The fourth-order valence-corrected chi connectivity index (χ4v) is 3.56. The Morgan fingerprint density at radius 3 is 2.57 bits per heavy atom. The summed E-state index contributed by atoms with van der Waals surface area (Å²) in [6.45, 7) is 1.92. The predicted octanol–water partition coefficient (Wildman–Crippen LogP) is 3.28. The molecule has 2 N–H and O–H groups in total. The monoisotopic (exact) mass is 397 g/mol. The first-order valence-electron chi connectivity index (χ1n) is 8.97. The Balaban J connectivity index is 2.00. The molecule has 0 radical (unpaired) electrons. The lowest BCUT2D eigenvalue weighted by Gasteiger charge is -2.18. The van der Waals surface area contributed by atoms with Gasteiger partial charge in [0.2, 0.25) is 0 Å². The van der Waals surface area contributed by atoms with Crippen LogP contribution in [0.3, 0.4) is 0 Å². The Labute approximate surface area is 166 Å². The zero-order valence-corrected chi connectivity index (χ0v) is 16.3. The minimum absolute atomic E-state index is 0.342. The molecule has 144 valence electrons. The van der Waals surface area contributed by atoms with Gasteiger partial charge in [0, 0.05) is 23.2 Å². The average molecular weight is 398 g/mol. The third kappa shape index (κ3) is 3.23. The SMILES string of the molecule is C/C(=C(\ON)c1c(C2CC2)cccc1-n1nnn(C)c1=O)c1cccc(Cl)c1. The van der Waals surface area contributed by atoms with Gasteiger partial charge in [0.1, 0.15) is 0 Å². The van der Waals surface area contributed by atoms with Crippen LogP contribution in [-0.2, 0) is 11.9 Å². The van der Waals surface area contributed by atoms with Crippen molar-refractivity contribution in [3.8, 4) is 5.69 Å². The molecule has 3 aromatic rings. The van der Waals surface area contributed by atoms with Gasteiger partial charge in [-0.2, -0.15) is 15.3 Å². The molecule has 7 nitrogen and oxygen atoms in total. The van der Waals surface area contributed by atoms with E-state index in [9.17, 15) is 4.79 Å². The fraction of sp³-hybridized carbons (Fsp3) is 0.250. The minimum atomic E-state index is -0.342. The van der Waals surface area contributed by atoms with Gasteiger partial charge in [0.15, 0.2) is 5.76 Å². The molecule has 0 unspecified atom stereocenters. The third-order valence-corrected chi connectivity index (χ3v) is 5.22. The van der Waals surface area contributed by atoms with Crippen LogP contribution in [0.15, 0.2) is 47.3 Å². The minimum Gasteiger partial charge on any atom is -0.410 e. The van der Waals surface area contributed by atoms with Gasteiger partial charge >= 0.3 is 5.69 Å². The van der Waals surface area contributed by atoms with E-state index in [2.05, 4.69) is 10.4 Å². The van der Waals surface area contributed by atoms with E-state index in [-0.39, 0.29) is 5.69 Å². The van der Waals surface area contributed by atoms with E-state index in [0.717, 1.165) is 35.1 Å². The maximum absolute atomic E-state index is 12.5. The van der Waals surface area contributed by atoms with Crippen LogP contribution in [0, 0.1) is 0 Å². The quantitative estimate of drug-likeness (QED) is 0.405. The van der Waals surface area contributed by atoms with E-state index >= 15 is 0 Å². The second-order valence-electron chi connectivity index (χ2n) is 6.89. The molecule has 4 rings (SSSR count). The molecule has 1 saturated carbocycles. The van der Waals surface area contributed by atoms with Crippen LogP contribution in [0.1, 0.15) is 42.4 Å². The molecule has 0 spiro atoms. The number of hydrogen-bond donors (Lipinski definition) is 1. The molecular weight excluding hydrogens is 378 g/mol. The Kier molecular flexibility index (Phi) is 4.78. The molecule has 0 amide bonds. The summed E-state index contributed by atoms with van der Waals surface area (Å²) in [6.07, 6.45) is 2.17. The second-order valence-corrected chi connectivity index (χ2v) is 7.33. The van der Waals surface area contributed by atoms with Crippen molar-refractivity contribution in [3.63, 3.8) is 0 Å². The zero-order chi connectivity index (χ0) is 19.8. The molecule has 0 saturated heterocycles. The van der Waals surface area contributed by atoms with Crippen molar-refractivity contribution in [1.29, 1.82) is 0 Å². The van der Waals surface area contributed by atoms with Gasteiger partial charge in [0.05, 0.1) is 5.69 Å². The van der Waals surface area contributed by atoms with Crippen molar-refractivity contribution in [2.24, 2.45) is 12.9 Å². The normalized spacial score (nSPS) is 14.7. The first-order valence-corrected chi connectivity index (χ1v) is 9.35. The molecule has 28 heavy (non-hydrogen) atoms. The first kappa shape index (κ1) is 18.5. The Morgan fingerprint density at radius 1 is 1.21 bits per heavy atom. The number of tetrazole rings is 1. The zero-order valence-electron chi connectivity index (χ0n) is 15.6. The number of nitrogens with zero attached hydrogens (tertiary/aromatic N) is 4. The van der Waals surface area contributed by atoms with E-state index in [1.807, 2.05) is 49.4 Å². The highest BCUT2D eigenvalue weighted by Gasteiger charge is 2.31. The molecule has 1 aromatic heterocycles. The Hall–Kier alpha value is -2.90. The topological polar surface area (TPSA) is 88.0 Å². The Morgan fingerprint density at radius 2 is 1.96 bits per heavy atom. The van der Waals surface area contributed by atoms with Crippen LogP contribution in [0.25, 0.3) is 17.0 Å². The molecular formula is C20H20ClN5O2. The predicted molar refractivity (Wildman–Crippen MR) is 108 cm³/mol. The Bertz CT molecular complexity index is 1130. The summed E-state index contributed by atoms with van der Waals surface area (Å²) >= 11 is 6.16. The molecule has 1 heterocycles. The van der Waals surface area contributed by atoms with Gasteiger partial charge in [-0.25, -0.2) is 4.79 Å². The van der Waals surface area contributed by atoms with Crippen LogP contribution in [0.5, 0.6) is 0 Å². The van der Waals surface area contributed by atoms with Gasteiger partial charge in [-0.05, 0) is 65.4 Å². The number of aromatic nitrogens is 4. The standard InChI is InChI=1S/C20H20ClN5O2/c1-12(14-5-3-6-15(21)11-14)19(28-22)18-16(13-9-10-13)7-4-8-17(18)26-20(27)25(2)23-24-26/h3-8,11,13H,9-10,22H2,1-2H3/b19-12+. The van der Waals surface area contributed by atoms with Crippen LogP contribution >= 0.6 is 11.6 Å². The fourth-order valence-electron chi connectivity index (χ4n) is 3.37. The molecule has 8 heteroatoms. The van der Waals surface area contributed by atoms with Gasteiger partial charge in [-0.3, -0.25) is 0 Å². The maximum Gasteiger partial charge on any atom is 0.368 e. The summed E-state index contributed by atoms with van der Waals surface area (Å²) in [5.74, 6) is 6.63. The number of halogens is 1. The van der Waals surface area contributed by atoms with Crippen molar-refractivity contribution >= 4 is 22.9 Å². The molecule has 0 aliphatic heterocycles. The van der Waals surface area contributed by atoms with Crippen molar-refractivity contribution in [1.82, 2.24) is 19.8 Å². The van der Waals surface area contributed by atoms with Crippen molar-refractivity contribution < 1.29 is 4.84 Å². The van der Waals surface area contributed by atoms with E-state index < -0.39 is 0 Å². The summed E-state index contributed by atoms with van der Waals surface area (Å²) in [5, 5.41) is 8.46. The van der Waals surface area contributed by atoms with Crippen molar-refractivity contribution in [2.75, 3.05) is 0 Å². The highest BCUT2D eigenvalue weighted by molar-refractivity contribution is 6.30. The molecule has 1 fully saturated rings. The molecule has 0 atom stereocenters. The van der Waals surface area contributed by atoms with E-state index in [4.69, 9.17) is 22.3 Å². The lowest BCUT2D eigenvalue weighted by atomic mass is 9.95. The van der Waals surface area contributed by atoms with Gasteiger partial charge in [-0.1, -0.05) is 35.9 Å². The van der Waals surface area contributed by atoms with Gasteiger partial charge in [-0.15, -0.1) is 0 Å². The summed E-state index contributed by atoms with van der Waals surface area (Å²) < 4.78 is 2.45. The highest BCUT2D eigenvalue weighted by atomic mass is 35.5. The summed E-state index contributed by atoms with van der Waals surface area (Å²) in [6, 6.07) is 13.2. The average Bonchev–Trinajstić information content (AvgIpc) is 3.49. The van der Waals surface area contributed by atoms with Crippen LogP contribution < -0.4 is 11.6 Å². The third-order valence-electron chi connectivity index (χ3n) is 4.98. The van der Waals surface area contributed by atoms with Crippen LogP contribution in [0.2, 0.25) is 5.02 Å². The molecule has 0 bridgehead atoms. The lowest BCUT2D eigenvalue weighted by molar-refractivity contribution is 0.291. The summed E-state index contributed by atoms with van der Waals surface area (Å²) in [5.41, 5.74) is 3.78. The van der Waals surface area contributed by atoms with Gasteiger partial charge < -0.3 is 4.84 Å². The highest BCUT2D eigenvalue weighted by Crippen LogP contribution is 2.45.